The molecular formula is C32H33NO. The molecule has 1 aliphatic rings. The van der Waals surface area contributed by atoms with Gasteiger partial charge in [0.15, 0.2) is 0 Å². The Labute approximate surface area is 202 Å². The molecular weight excluding hydrogens is 414 g/mol. The summed E-state index contributed by atoms with van der Waals surface area (Å²) in [5, 5.41) is 2.28. The Balaban J connectivity index is 1.65. The van der Waals surface area contributed by atoms with Crippen molar-refractivity contribution in [3.8, 4) is 11.1 Å². The average molecular weight is 448 g/mol. The first kappa shape index (κ1) is 22.3. The molecule has 0 N–H and O–H groups in total. The van der Waals surface area contributed by atoms with Crippen molar-refractivity contribution in [3.63, 3.8) is 0 Å². The zero-order valence-corrected chi connectivity index (χ0v) is 21.3. The Bertz CT molecular complexity index is 1510. The molecule has 34 heavy (non-hydrogen) atoms. The topological polar surface area (TPSA) is 14.3 Å². The number of aryl methyl sites for hydroxylation is 4. The molecule has 0 radical (unpaired) electrons. The van der Waals surface area contributed by atoms with E-state index >= 15 is 0 Å². The summed E-state index contributed by atoms with van der Waals surface area (Å²) in [6, 6.07) is 16.7. The zero-order valence-electron chi connectivity index (χ0n) is 21.3. The van der Waals surface area contributed by atoms with E-state index in [1.54, 1.807) is 0 Å². The number of hydrogen-bond acceptors (Lipinski definition) is 0. The summed E-state index contributed by atoms with van der Waals surface area (Å²) < 4.78 is 8.34. The summed E-state index contributed by atoms with van der Waals surface area (Å²) in [5.41, 5.74) is 12.0. The van der Waals surface area contributed by atoms with E-state index in [0.29, 0.717) is 0 Å². The van der Waals surface area contributed by atoms with Gasteiger partial charge in [0.2, 0.25) is 0 Å². The van der Waals surface area contributed by atoms with Crippen molar-refractivity contribution < 1.29 is 8.99 Å². The Morgan fingerprint density at radius 1 is 0.912 bits per heavy atom. The summed E-state index contributed by atoms with van der Waals surface area (Å²) in [6.07, 6.45) is 6.49. The van der Waals surface area contributed by atoms with Crippen molar-refractivity contribution in [2.24, 2.45) is 5.41 Å². The Kier molecular flexibility index (Phi) is 5.09. The second-order valence-electron chi connectivity index (χ2n) is 10.8. The van der Waals surface area contributed by atoms with Gasteiger partial charge < -0.3 is 0 Å². The lowest BCUT2D eigenvalue weighted by atomic mass is 9.83. The fraction of sp³-hybridized carbons (Fsp3) is 0.250. The van der Waals surface area contributed by atoms with Crippen LogP contribution in [0.3, 0.4) is 0 Å². The standard InChI is InChI=1S/C32H33NO/c1-19-13-21(3)31(22(4)14-19)23-9-10-25-27-18-26(20(2)15-29(27)34-30(25)16-23)28-17-24(32(5,6)7)11-12-33(28)8/h9-18H,8H2,1-7H3. The maximum absolute atomic E-state index is 6.38. The van der Waals surface area contributed by atoms with E-state index in [0.717, 1.165) is 28.0 Å². The molecule has 0 amide bonds. The van der Waals surface area contributed by atoms with E-state index in [-0.39, 0.29) is 5.41 Å². The highest BCUT2D eigenvalue weighted by atomic mass is 16.3. The van der Waals surface area contributed by atoms with Crippen LogP contribution in [-0.4, -0.2) is 11.3 Å². The first-order chi connectivity index (χ1) is 16.0. The normalized spacial score (nSPS) is 14.4. The molecule has 172 valence electrons. The number of furan rings is 1. The molecule has 2 heteroatoms. The van der Waals surface area contributed by atoms with E-state index in [2.05, 4.69) is 116 Å². The smallest absolute Gasteiger partial charge is 0.278 e. The molecule has 0 spiro atoms. The highest BCUT2D eigenvalue weighted by Gasteiger charge is 2.24. The third kappa shape index (κ3) is 3.68. The van der Waals surface area contributed by atoms with Gasteiger partial charge in [-0.1, -0.05) is 79.3 Å². The van der Waals surface area contributed by atoms with Crippen LogP contribution in [-0.2, 0) is 0 Å². The van der Waals surface area contributed by atoms with E-state index in [4.69, 9.17) is 4.42 Å². The van der Waals surface area contributed by atoms with Crippen molar-refractivity contribution in [1.29, 1.82) is 0 Å². The van der Waals surface area contributed by atoms with Crippen LogP contribution >= 0.6 is 0 Å². The number of benzene rings is 3. The summed E-state index contributed by atoms with van der Waals surface area (Å²) in [7, 11) is 0. The van der Waals surface area contributed by atoms with Crippen LogP contribution in [0.5, 0.6) is 0 Å². The van der Waals surface area contributed by atoms with Gasteiger partial charge in [-0.25, -0.2) is 0 Å². The van der Waals surface area contributed by atoms with Crippen LogP contribution < -0.4 is 0 Å². The first-order valence-corrected chi connectivity index (χ1v) is 12.0. The second kappa shape index (κ2) is 7.77. The molecule has 4 aromatic rings. The van der Waals surface area contributed by atoms with Crippen LogP contribution in [0.2, 0.25) is 0 Å². The van der Waals surface area contributed by atoms with Gasteiger partial charge in [-0.15, -0.1) is 18.2 Å². The van der Waals surface area contributed by atoms with Crippen molar-refractivity contribution >= 4 is 28.7 Å². The summed E-state index contributed by atoms with van der Waals surface area (Å²) in [4.78, 5) is 0. The van der Waals surface area contributed by atoms with Crippen LogP contribution in [0, 0.1) is 39.2 Å². The first-order valence-electron chi connectivity index (χ1n) is 12.0. The van der Waals surface area contributed by atoms with Gasteiger partial charge in [0.25, 0.3) is 11.2 Å². The maximum Gasteiger partial charge on any atom is 0.278 e. The van der Waals surface area contributed by atoms with Gasteiger partial charge in [0.1, 0.15) is 12.2 Å². The number of rotatable bonds is 2. The van der Waals surface area contributed by atoms with Crippen LogP contribution in [0.1, 0.15) is 48.6 Å². The Morgan fingerprint density at radius 3 is 2.29 bits per heavy atom. The third-order valence-electron chi connectivity index (χ3n) is 6.96. The van der Waals surface area contributed by atoms with Gasteiger partial charge in [-0.3, -0.25) is 8.99 Å². The highest BCUT2D eigenvalue weighted by Crippen LogP contribution is 2.39. The summed E-state index contributed by atoms with van der Waals surface area (Å²) in [5.74, 6) is 0. The molecule has 0 atom stereocenters. The lowest BCUT2D eigenvalue weighted by Gasteiger charge is -2.28. The van der Waals surface area contributed by atoms with E-state index in [1.165, 1.54) is 44.5 Å². The lowest BCUT2D eigenvalue weighted by Crippen LogP contribution is -2.20. The van der Waals surface area contributed by atoms with Crippen LogP contribution in [0.25, 0.3) is 33.1 Å². The highest BCUT2D eigenvalue weighted by molar-refractivity contribution is 6.06. The summed E-state index contributed by atoms with van der Waals surface area (Å²) >= 11 is 0. The minimum atomic E-state index is 0.0754. The monoisotopic (exact) mass is 447 g/mol. The quantitative estimate of drug-likeness (QED) is 0.170. The number of nitrogens with zero attached hydrogens (tertiary/aromatic N) is 1. The van der Waals surface area contributed by atoms with Gasteiger partial charge in [0, 0.05) is 0 Å². The predicted molar refractivity (Wildman–Crippen MR) is 145 cm³/mol. The minimum absolute atomic E-state index is 0.0754. The molecule has 3 aromatic carbocycles. The summed E-state index contributed by atoms with van der Waals surface area (Å²) in [6.45, 7) is 19.7. The molecule has 1 aliphatic heterocycles. The van der Waals surface area contributed by atoms with E-state index in [1.807, 2.05) is 4.58 Å². The molecule has 0 unspecified atom stereocenters. The second-order valence-corrected chi connectivity index (χ2v) is 10.8. The minimum Gasteiger partial charge on any atom is -0.287 e. The van der Waals surface area contributed by atoms with Crippen molar-refractivity contribution in [1.82, 2.24) is 0 Å². The van der Waals surface area contributed by atoms with Crippen LogP contribution in [0.15, 0.2) is 70.8 Å². The molecule has 0 bridgehead atoms. The maximum atomic E-state index is 6.38. The van der Waals surface area contributed by atoms with Crippen LogP contribution in [0.4, 0.5) is 0 Å². The van der Waals surface area contributed by atoms with Crippen molar-refractivity contribution in [3.05, 3.63) is 100 Å². The van der Waals surface area contributed by atoms with Crippen molar-refractivity contribution in [2.75, 3.05) is 0 Å². The molecule has 0 saturated heterocycles. The molecule has 0 aliphatic carbocycles. The number of allylic oxidation sites excluding steroid dienone is 2. The fourth-order valence-electron chi connectivity index (χ4n) is 5.22. The van der Waals surface area contributed by atoms with E-state index < -0.39 is 0 Å². The number of fused-ring (bicyclic) bond motifs is 3. The van der Waals surface area contributed by atoms with Gasteiger partial charge in [-0.2, -0.15) is 0 Å². The average Bonchev–Trinajstić information content (AvgIpc) is 3.08. The molecule has 1 aromatic heterocycles. The Morgan fingerprint density at radius 2 is 1.62 bits per heavy atom. The lowest BCUT2D eigenvalue weighted by molar-refractivity contribution is -0.418. The molecule has 5 rings (SSSR count). The molecule has 2 nitrogen and oxygen atoms in total. The Hall–Kier alpha value is -3.52. The molecule has 0 fully saturated rings. The zero-order chi connectivity index (χ0) is 24.4. The van der Waals surface area contributed by atoms with E-state index in [9.17, 15) is 0 Å². The predicted octanol–water partition coefficient (Wildman–Crippen LogP) is 8.58. The molecule has 0 saturated carbocycles. The molecule has 2 heterocycles. The fourth-order valence-corrected chi connectivity index (χ4v) is 5.22. The van der Waals surface area contributed by atoms with Gasteiger partial charge in [-0.05, 0) is 66.3 Å². The SMILES string of the molecule is C=[N+]1C=CC(C(C)(C)C)=C[C-]1c1cc2c(cc1C)[o+][c-]1cc(-c3c(C)cc(C)cc3C)ccc21. The van der Waals surface area contributed by atoms with Crippen molar-refractivity contribution in [2.45, 2.75) is 48.5 Å². The van der Waals surface area contributed by atoms with Gasteiger partial charge in [0.05, 0.1) is 6.72 Å². The van der Waals surface area contributed by atoms with Gasteiger partial charge >= 0.3 is 0 Å². The number of hydrogen-bond donors (Lipinski definition) is 0. The third-order valence-corrected chi connectivity index (χ3v) is 6.96. The largest absolute Gasteiger partial charge is 0.287 e.